The predicted octanol–water partition coefficient (Wildman–Crippen LogP) is 5.11. The van der Waals surface area contributed by atoms with Gasteiger partial charge in [0.2, 0.25) is 0 Å². The Morgan fingerprint density at radius 3 is 1.88 bits per heavy atom. The van der Waals surface area contributed by atoms with Crippen LogP contribution in [0.15, 0.2) is 30.3 Å². The molecule has 0 atom stereocenters. The molecule has 0 fully saturated rings. The molecule has 1 rings (SSSR count). The SMILES string of the molecule is CC(C)(C)OP(=O)(Cc1ccc(/C=C/C(=O)O)cc1)OC(C)(C)C. The first-order chi connectivity index (χ1) is 10.8. The van der Waals surface area contributed by atoms with Gasteiger partial charge in [-0.1, -0.05) is 24.3 Å². The fraction of sp³-hybridized carbons (Fsp3) is 0.500. The molecule has 1 N–H and O–H groups in total. The fourth-order valence-electron chi connectivity index (χ4n) is 2.04. The zero-order valence-electron chi connectivity index (χ0n) is 15.2. The van der Waals surface area contributed by atoms with Crippen LogP contribution < -0.4 is 0 Å². The number of carbonyl (C=O) groups is 1. The average molecular weight is 354 g/mol. The molecule has 0 saturated heterocycles. The summed E-state index contributed by atoms with van der Waals surface area (Å²) in [4.78, 5) is 10.5. The number of carboxylic acid groups (broad SMARTS) is 1. The summed E-state index contributed by atoms with van der Waals surface area (Å²) in [5.41, 5.74) is 0.374. The van der Waals surface area contributed by atoms with Gasteiger partial charge in [-0.05, 0) is 58.7 Å². The van der Waals surface area contributed by atoms with E-state index in [1.807, 2.05) is 41.5 Å². The van der Waals surface area contributed by atoms with Gasteiger partial charge >= 0.3 is 13.6 Å². The lowest BCUT2D eigenvalue weighted by Gasteiger charge is -2.32. The van der Waals surface area contributed by atoms with Gasteiger partial charge in [0.25, 0.3) is 0 Å². The van der Waals surface area contributed by atoms with Crippen LogP contribution in [0.5, 0.6) is 0 Å². The zero-order chi connectivity index (χ0) is 18.6. The Kier molecular flexibility index (Phi) is 6.57. The molecular formula is C18H27O5P. The zero-order valence-corrected chi connectivity index (χ0v) is 16.1. The molecule has 0 amide bonds. The van der Waals surface area contributed by atoms with E-state index in [2.05, 4.69) is 0 Å². The Balaban J connectivity index is 2.98. The highest BCUT2D eigenvalue weighted by Gasteiger charge is 2.35. The van der Waals surface area contributed by atoms with E-state index in [9.17, 15) is 9.36 Å². The minimum Gasteiger partial charge on any atom is -0.478 e. The molecule has 1 aromatic carbocycles. The smallest absolute Gasteiger partial charge is 0.336 e. The van der Waals surface area contributed by atoms with Gasteiger partial charge in [0, 0.05) is 6.08 Å². The molecule has 0 saturated carbocycles. The molecule has 0 aliphatic carbocycles. The number of hydrogen-bond donors (Lipinski definition) is 1. The maximum absolute atomic E-state index is 13.2. The number of carboxylic acids is 1. The molecule has 0 aliphatic rings. The van der Waals surface area contributed by atoms with Gasteiger partial charge in [-0.15, -0.1) is 0 Å². The van der Waals surface area contributed by atoms with E-state index < -0.39 is 24.8 Å². The average Bonchev–Trinajstić information content (AvgIpc) is 2.32. The van der Waals surface area contributed by atoms with Crippen LogP contribution in [-0.2, 0) is 24.6 Å². The van der Waals surface area contributed by atoms with Crippen molar-refractivity contribution in [2.24, 2.45) is 0 Å². The lowest BCUT2D eigenvalue weighted by molar-refractivity contribution is -0.131. The second kappa shape index (κ2) is 7.64. The maximum Gasteiger partial charge on any atom is 0.336 e. The Labute approximate surface area is 144 Å². The molecule has 0 aliphatic heterocycles. The fourth-order valence-corrected chi connectivity index (χ4v) is 4.54. The Morgan fingerprint density at radius 2 is 1.50 bits per heavy atom. The van der Waals surface area contributed by atoms with Crippen LogP contribution in [0.3, 0.4) is 0 Å². The van der Waals surface area contributed by atoms with Crippen molar-refractivity contribution < 1.29 is 23.5 Å². The highest BCUT2D eigenvalue weighted by atomic mass is 31.2. The summed E-state index contributed by atoms with van der Waals surface area (Å²) in [7, 11) is -3.34. The van der Waals surface area contributed by atoms with Crippen molar-refractivity contribution in [2.75, 3.05) is 0 Å². The Bertz CT molecular complexity index is 613. The molecule has 5 nitrogen and oxygen atoms in total. The summed E-state index contributed by atoms with van der Waals surface area (Å²) in [6.07, 6.45) is 2.73. The number of benzene rings is 1. The van der Waals surface area contributed by atoms with Gasteiger partial charge in [-0.3, -0.25) is 4.57 Å². The molecule has 0 radical (unpaired) electrons. The summed E-state index contributed by atoms with van der Waals surface area (Å²) in [5, 5.41) is 8.64. The first-order valence-corrected chi connectivity index (χ1v) is 9.51. The van der Waals surface area contributed by atoms with Crippen molar-refractivity contribution in [2.45, 2.75) is 58.9 Å². The first kappa shape index (κ1) is 20.6. The van der Waals surface area contributed by atoms with E-state index in [0.717, 1.165) is 17.2 Å². The molecule has 0 bridgehead atoms. The Hall–Kier alpha value is -1.42. The van der Waals surface area contributed by atoms with E-state index in [1.165, 1.54) is 6.08 Å². The molecule has 6 heteroatoms. The van der Waals surface area contributed by atoms with Crippen molar-refractivity contribution in [1.29, 1.82) is 0 Å². The van der Waals surface area contributed by atoms with Crippen molar-refractivity contribution in [3.63, 3.8) is 0 Å². The predicted molar refractivity (Wildman–Crippen MR) is 96.1 cm³/mol. The van der Waals surface area contributed by atoms with E-state index in [-0.39, 0.29) is 6.16 Å². The van der Waals surface area contributed by atoms with Crippen LogP contribution >= 0.6 is 7.60 Å². The van der Waals surface area contributed by atoms with E-state index in [1.54, 1.807) is 24.3 Å². The lowest BCUT2D eigenvalue weighted by Crippen LogP contribution is -2.24. The minimum atomic E-state index is -3.34. The van der Waals surface area contributed by atoms with Crippen molar-refractivity contribution >= 4 is 19.6 Å². The third kappa shape index (κ3) is 8.44. The number of rotatable bonds is 6. The largest absolute Gasteiger partial charge is 0.478 e. The molecule has 0 unspecified atom stereocenters. The molecule has 0 spiro atoms. The van der Waals surface area contributed by atoms with Gasteiger partial charge in [-0.2, -0.15) is 0 Å². The van der Waals surface area contributed by atoms with Crippen LogP contribution in [-0.4, -0.2) is 22.3 Å². The molecule has 0 aromatic heterocycles. The quantitative estimate of drug-likeness (QED) is 0.568. The van der Waals surface area contributed by atoms with Crippen molar-refractivity contribution in [3.05, 3.63) is 41.5 Å². The van der Waals surface area contributed by atoms with Crippen LogP contribution in [0.4, 0.5) is 0 Å². The summed E-state index contributed by atoms with van der Waals surface area (Å²) >= 11 is 0. The number of hydrogen-bond acceptors (Lipinski definition) is 4. The van der Waals surface area contributed by atoms with Crippen molar-refractivity contribution in [3.8, 4) is 0 Å². The van der Waals surface area contributed by atoms with E-state index >= 15 is 0 Å². The summed E-state index contributed by atoms with van der Waals surface area (Å²) < 4.78 is 24.7. The molecule has 0 heterocycles. The van der Waals surface area contributed by atoms with Gasteiger partial charge in [0.05, 0.1) is 17.4 Å². The second-order valence-electron chi connectivity index (χ2n) is 7.59. The Morgan fingerprint density at radius 1 is 1.04 bits per heavy atom. The van der Waals surface area contributed by atoms with Gasteiger partial charge in [-0.25, -0.2) is 4.79 Å². The van der Waals surface area contributed by atoms with Crippen LogP contribution in [0.2, 0.25) is 0 Å². The third-order valence-electron chi connectivity index (χ3n) is 2.60. The standard InChI is InChI=1S/C18H27O5P/c1-17(2,3)22-24(21,23-18(4,5)6)13-15-9-7-14(8-10-15)11-12-16(19)20/h7-12H,13H2,1-6H3,(H,19,20)/b12-11+. The molecule has 24 heavy (non-hydrogen) atoms. The first-order valence-electron chi connectivity index (χ1n) is 7.79. The highest BCUT2D eigenvalue weighted by molar-refractivity contribution is 7.53. The van der Waals surface area contributed by atoms with Crippen molar-refractivity contribution in [1.82, 2.24) is 0 Å². The topological polar surface area (TPSA) is 72.8 Å². The van der Waals surface area contributed by atoms with Crippen LogP contribution in [0.1, 0.15) is 52.7 Å². The minimum absolute atomic E-state index is 0.157. The summed E-state index contributed by atoms with van der Waals surface area (Å²) in [6, 6.07) is 7.14. The highest BCUT2D eigenvalue weighted by Crippen LogP contribution is 2.56. The normalized spacial score (nSPS) is 13.4. The monoisotopic (exact) mass is 354 g/mol. The lowest BCUT2D eigenvalue weighted by atomic mass is 10.1. The summed E-state index contributed by atoms with van der Waals surface area (Å²) in [6.45, 7) is 11.0. The third-order valence-corrected chi connectivity index (χ3v) is 5.00. The van der Waals surface area contributed by atoms with E-state index in [4.69, 9.17) is 14.2 Å². The van der Waals surface area contributed by atoms with Gasteiger partial charge in [0.15, 0.2) is 0 Å². The molecule has 134 valence electrons. The summed E-state index contributed by atoms with van der Waals surface area (Å²) in [5.74, 6) is -0.999. The second-order valence-corrected chi connectivity index (χ2v) is 9.49. The maximum atomic E-state index is 13.2. The van der Waals surface area contributed by atoms with Gasteiger partial charge < -0.3 is 14.2 Å². The van der Waals surface area contributed by atoms with Crippen LogP contribution in [0, 0.1) is 0 Å². The van der Waals surface area contributed by atoms with E-state index in [0.29, 0.717) is 0 Å². The number of aliphatic carboxylic acids is 1. The van der Waals surface area contributed by atoms with Gasteiger partial charge in [0.1, 0.15) is 0 Å². The molecule has 1 aromatic rings. The molecular weight excluding hydrogens is 327 g/mol. The van der Waals surface area contributed by atoms with Crippen LogP contribution in [0.25, 0.3) is 6.08 Å².